The molecule has 1 saturated heterocycles. The topological polar surface area (TPSA) is 72.9 Å². The molecule has 194 valence electrons. The summed E-state index contributed by atoms with van der Waals surface area (Å²) >= 11 is 4.33. The second kappa shape index (κ2) is 9.59. The molecule has 3 heterocycles. The standard InChI is InChI=1S/C25H22F4I2N6/c1-36-20(8-10-33-36)21-17-4-2-3-5-18(17)22(35-34-21)37-11-9-24(31,32)23(37,14-30)13-15-6-7-16(26)12-19(15)25(27,28)29/h2-8,10,12H,9,11,13-14,32H2,1H3. The van der Waals surface area contributed by atoms with E-state index in [2.05, 4.69) is 60.5 Å². The Morgan fingerprint density at radius 3 is 2.46 bits per heavy atom. The van der Waals surface area contributed by atoms with Crippen molar-refractivity contribution in [2.75, 3.05) is 15.9 Å². The zero-order chi connectivity index (χ0) is 26.6. The fraction of sp³-hybridized carbons (Fsp3) is 0.320. The number of aromatic nitrogens is 4. The number of hydrogen-bond acceptors (Lipinski definition) is 5. The summed E-state index contributed by atoms with van der Waals surface area (Å²) in [5.74, 6) is -0.378. The fourth-order valence-corrected chi connectivity index (χ4v) is 8.10. The van der Waals surface area contributed by atoms with Crippen molar-refractivity contribution in [1.29, 1.82) is 0 Å². The zero-order valence-corrected chi connectivity index (χ0v) is 23.9. The molecule has 1 aliphatic rings. The van der Waals surface area contributed by atoms with Crippen LogP contribution in [0.15, 0.2) is 54.7 Å². The molecular formula is C25H22F4I2N6. The zero-order valence-electron chi connectivity index (χ0n) is 19.6. The molecule has 0 saturated carbocycles. The average molecular weight is 736 g/mol. The Hall–Kier alpha value is -2.07. The molecule has 0 bridgehead atoms. The molecular weight excluding hydrogens is 714 g/mol. The van der Waals surface area contributed by atoms with Crippen molar-refractivity contribution in [1.82, 2.24) is 20.0 Å². The number of aryl methyl sites for hydroxylation is 1. The monoisotopic (exact) mass is 736 g/mol. The minimum Gasteiger partial charge on any atom is -0.345 e. The van der Waals surface area contributed by atoms with E-state index in [0.717, 1.165) is 22.5 Å². The van der Waals surface area contributed by atoms with Gasteiger partial charge in [-0.2, -0.15) is 18.3 Å². The molecule has 2 aromatic carbocycles. The van der Waals surface area contributed by atoms with Gasteiger partial charge >= 0.3 is 6.18 Å². The second-order valence-corrected chi connectivity index (χ2v) is 11.9. The Bertz CT molecular complexity index is 1470. The van der Waals surface area contributed by atoms with Crippen LogP contribution in [0.5, 0.6) is 0 Å². The van der Waals surface area contributed by atoms with Crippen molar-refractivity contribution in [2.45, 2.75) is 28.1 Å². The van der Waals surface area contributed by atoms with Crippen molar-refractivity contribution in [3.8, 4) is 11.4 Å². The Labute approximate surface area is 237 Å². The maximum Gasteiger partial charge on any atom is 0.416 e. The van der Waals surface area contributed by atoms with E-state index in [1.165, 1.54) is 6.07 Å². The van der Waals surface area contributed by atoms with Gasteiger partial charge in [0.05, 0.1) is 20.3 Å². The van der Waals surface area contributed by atoms with E-state index in [1.807, 2.05) is 42.3 Å². The Morgan fingerprint density at radius 2 is 1.81 bits per heavy atom. The van der Waals surface area contributed by atoms with Gasteiger partial charge in [-0.05, 0) is 36.6 Å². The SMILES string of the molecule is Cn1nccc1-c1nnc(N2CCC(N)(I)C2(CI)Cc2ccc(F)cc2C(F)(F)F)c2ccccc12. The first-order chi connectivity index (χ1) is 17.5. The number of nitrogens with two attached hydrogens (primary N) is 1. The van der Waals surface area contributed by atoms with Gasteiger partial charge in [0.2, 0.25) is 0 Å². The van der Waals surface area contributed by atoms with Crippen LogP contribution in [0.3, 0.4) is 0 Å². The Kier molecular flexibility index (Phi) is 6.88. The normalized spacial score (nSPS) is 22.2. The van der Waals surface area contributed by atoms with Crippen LogP contribution in [0.1, 0.15) is 17.5 Å². The van der Waals surface area contributed by atoms with E-state index >= 15 is 0 Å². The smallest absolute Gasteiger partial charge is 0.345 e. The van der Waals surface area contributed by atoms with E-state index in [1.54, 1.807) is 10.9 Å². The van der Waals surface area contributed by atoms with Crippen LogP contribution >= 0.6 is 45.2 Å². The molecule has 0 spiro atoms. The summed E-state index contributed by atoms with van der Waals surface area (Å²) in [6, 6.07) is 12.4. The summed E-state index contributed by atoms with van der Waals surface area (Å²) in [4.78, 5) is 2.00. The van der Waals surface area contributed by atoms with Crippen LogP contribution in [0.4, 0.5) is 23.4 Å². The first-order valence-corrected chi connectivity index (χ1v) is 14.0. The number of nitrogens with zero attached hydrogens (tertiary/aromatic N) is 5. The van der Waals surface area contributed by atoms with Gasteiger partial charge in [0.15, 0.2) is 5.82 Å². The van der Waals surface area contributed by atoms with Crippen LogP contribution in [0.25, 0.3) is 22.2 Å². The van der Waals surface area contributed by atoms with Crippen molar-refractivity contribution < 1.29 is 17.6 Å². The molecule has 0 amide bonds. The van der Waals surface area contributed by atoms with Crippen molar-refractivity contribution in [3.63, 3.8) is 0 Å². The van der Waals surface area contributed by atoms with Gasteiger partial charge in [-0.25, -0.2) is 4.39 Å². The number of fused-ring (bicyclic) bond motifs is 1. The molecule has 5 rings (SSSR count). The lowest BCUT2D eigenvalue weighted by Crippen LogP contribution is -2.62. The summed E-state index contributed by atoms with van der Waals surface area (Å²) in [5, 5.41) is 15.1. The van der Waals surface area contributed by atoms with Gasteiger partial charge < -0.3 is 10.6 Å². The summed E-state index contributed by atoms with van der Waals surface area (Å²) < 4.78 is 56.9. The predicted molar refractivity (Wildman–Crippen MR) is 151 cm³/mol. The quantitative estimate of drug-likeness (QED) is 0.120. The molecule has 1 aliphatic heterocycles. The first kappa shape index (κ1) is 26.5. The van der Waals surface area contributed by atoms with Crippen molar-refractivity contribution in [3.05, 3.63) is 71.7 Å². The second-order valence-electron chi connectivity index (χ2n) is 9.16. The molecule has 2 atom stereocenters. The van der Waals surface area contributed by atoms with Gasteiger partial charge in [-0.1, -0.05) is 75.5 Å². The third-order valence-electron chi connectivity index (χ3n) is 7.06. The van der Waals surface area contributed by atoms with E-state index in [0.29, 0.717) is 35.0 Å². The van der Waals surface area contributed by atoms with Gasteiger partial charge in [0.25, 0.3) is 0 Å². The molecule has 6 nitrogen and oxygen atoms in total. The Balaban J connectivity index is 1.69. The van der Waals surface area contributed by atoms with Gasteiger partial charge in [0.1, 0.15) is 11.5 Å². The molecule has 1 fully saturated rings. The van der Waals surface area contributed by atoms with Gasteiger partial charge in [-0.3, -0.25) is 4.68 Å². The lowest BCUT2D eigenvalue weighted by molar-refractivity contribution is -0.138. The molecule has 37 heavy (non-hydrogen) atoms. The highest BCUT2D eigenvalue weighted by molar-refractivity contribution is 14.1. The fourth-order valence-electron chi connectivity index (χ4n) is 5.09. The van der Waals surface area contributed by atoms with Crippen molar-refractivity contribution in [2.24, 2.45) is 12.8 Å². The predicted octanol–water partition coefficient (Wildman–Crippen LogP) is 5.90. The average Bonchev–Trinajstić information content (AvgIpc) is 3.39. The number of rotatable bonds is 5. The molecule has 2 N–H and O–H groups in total. The molecule has 2 aromatic heterocycles. The number of halogens is 6. The highest BCUT2D eigenvalue weighted by Gasteiger charge is 2.57. The van der Waals surface area contributed by atoms with E-state index in [9.17, 15) is 17.6 Å². The summed E-state index contributed by atoms with van der Waals surface area (Å²) in [7, 11) is 1.82. The lowest BCUT2D eigenvalue weighted by Gasteiger charge is -2.45. The summed E-state index contributed by atoms with van der Waals surface area (Å²) in [6.45, 7) is 0.481. The highest BCUT2D eigenvalue weighted by Crippen LogP contribution is 2.49. The summed E-state index contributed by atoms with van der Waals surface area (Å²) in [6.07, 6.45) is -2.53. The lowest BCUT2D eigenvalue weighted by atomic mass is 9.84. The first-order valence-electron chi connectivity index (χ1n) is 11.4. The van der Waals surface area contributed by atoms with Crippen LogP contribution in [-0.4, -0.2) is 40.0 Å². The van der Waals surface area contributed by atoms with E-state index in [4.69, 9.17) is 5.73 Å². The molecule has 4 aromatic rings. The third-order valence-corrected chi connectivity index (χ3v) is 9.86. The van der Waals surface area contributed by atoms with Crippen LogP contribution < -0.4 is 10.6 Å². The molecule has 12 heteroatoms. The number of benzene rings is 2. The maximum absolute atomic E-state index is 13.9. The van der Waals surface area contributed by atoms with Gasteiger partial charge in [-0.15, -0.1) is 10.2 Å². The number of alkyl halides is 5. The molecule has 0 aliphatic carbocycles. The number of anilines is 1. The Morgan fingerprint density at radius 1 is 1.08 bits per heavy atom. The minimum atomic E-state index is -4.70. The third kappa shape index (κ3) is 4.47. The van der Waals surface area contributed by atoms with Crippen LogP contribution in [0.2, 0.25) is 0 Å². The minimum absolute atomic E-state index is 0.00673. The van der Waals surface area contributed by atoms with E-state index in [-0.39, 0.29) is 12.0 Å². The van der Waals surface area contributed by atoms with E-state index < -0.39 is 26.6 Å². The number of hydrogen-bond donors (Lipinski definition) is 1. The van der Waals surface area contributed by atoms with Gasteiger partial charge in [0, 0.05) is 35.0 Å². The van der Waals surface area contributed by atoms with Crippen LogP contribution in [-0.2, 0) is 19.6 Å². The molecule has 2 unspecified atom stereocenters. The largest absolute Gasteiger partial charge is 0.416 e. The maximum atomic E-state index is 13.9. The van der Waals surface area contributed by atoms with Crippen molar-refractivity contribution >= 4 is 61.8 Å². The highest BCUT2D eigenvalue weighted by atomic mass is 127. The van der Waals surface area contributed by atoms with Crippen LogP contribution in [0, 0.1) is 5.82 Å². The molecule has 0 radical (unpaired) electrons. The summed E-state index contributed by atoms with van der Waals surface area (Å²) in [5.41, 5.74) is 6.34.